The maximum absolute atomic E-state index is 13.4. The molecule has 0 radical (unpaired) electrons. The number of nitrogens with zero attached hydrogens (tertiary/aromatic N) is 2. The summed E-state index contributed by atoms with van der Waals surface area (Å²) < 4.78 is 0.687. The van der Waals surface area contributed by atoms with Crippen molar-refractivity contribution in [3.05, 3.63) is 110 Å². The first-order chi connectivity index (χ1) is 19.4. The summed E-state index contributed by atoms with van der Waals surface area (Å²) in [5, 5.41) is 8.67. The van der Waals surface area contributed by atoms with E-state index in [1.807, 2.05) is 42.5 Å². The number of carbonyl (C=O) groups excluding carboxylic acids is 1. The van der Waals surface area contributed by atoms with Crippen LogP contribution in [0.2, 0.25) is 20.1 Å². The first-order valence-electron chi connectivity index (χ1n) is 13.1. The van der Waals surface area contributed by atoms with Gasteiger partial charge in [0.25, 0.3) is 0 Å². The van der Waals surface area contributed by atoms with Crippen LogP contribution < -0.4 is 20.0 Å². The number of anilines is 2. The summed E-state index contributed by atoms with van der Waals surface area (Å²) in [4.78, 5) is 15.0. The van der Waals surface area contributed by atoms with Crippen molar-refractivity contribution >= 4 is 69.5 Å². The summed E-state index contributed by atoms with van der Waals surface area (Å²) in [6.07, 6.45) is 0. The molecule has 204 valence electrons. The minimum absolute atomic E-state index is 0.290. The van der Waals surface area contributed by atoms with Gasteiger partial charge in [-0.1, -0.05) is 82.8 Å². The monoisotopic (exact) mass is 611 g/mol. The Kier molecular flexibility index (Phi) is 7.71. The number of urea groups is 1. The topological polar surface area (TPSA) is 44.4 Å². The minimum atomic E-state index is -0.290. The molecule has 0 atom stereocenters. The van der Waals surface area contributed by atoms with E-state index in [9.17, 15) is 4.79 Å². The SMILES string of the molecule is O=C1NCc2c(-c3ccccc3Cl)cc(C[N+]3(c4ccccc4Cl)CCNCC3)cc2N1c1c(Cl)cccc1Cl. The van der Waals surface area contributed by atoms with Crippen LogP contribution in [0, 0.1) is 0 Å². The number of quaternary nitrogens is 1. The summed E-state index contributed by atoms with van der Waals surface area (Å²) >= 11 is 26.8. The highest BCUT2D eigenvalue weighted by molar-refractivity contribution is 6.40. The van der Waals surface area contributed by atoms with Crippen LogP contribution in [0.15, 0.2) is 78.9 Å². The number of nitrogens with one attached hydrogen (secondary N) is 2. The molecular weight excluding hydrogens is 586 g/mol. The van der Waals surface area contributed by atoms with Crippen LogP contribution in [-0.4, -0.2) is 32.2 Å². The van der Waals surface area contributed by atoms with Gasteiger partial charge >= 0.3 is 6.03 Å². The van der Waals surface area contributed by atoms with E-state index in [0.717, 1.165) is 64.8 Å². The van der Waals surface area contributed by atoms with Gasteiger partial charge in [0.2, 0.25) is 0 Å². The molecule has 2 aliphatic heterocycles. The second-order valence-corrected chi connectivity index (χ2v) is 11.8. The Morgan fingerprint density at radius 3 is 2.10 bits per heavy atom. The van der Waals surface area contributed by atoms with E-state index in [1.54, 1.807) is 23.1 Å². The molecule has 0 bridgehead atoms. The lowest BCUT2D eigenvalue weighted by Crippen LogP contribution is -2.59. The first-order valence-corrected chi connectivity index (χ1v) is 14.6. The third-order valence-corrected chi connectivity index (χ3v) is 9.01. The molecule has 2 amide bonds. The van der Waals surface area contributed by atoms with Gasteiger partial charge in [0, 0.05) is 47.4 Å². The van der Waals surface area contributed by atoms with Crippen molar-refractivity contribution in [2.75, 3.05) is 31.1 Å². The van der Waals surface area contributed by atoms with E-state index in [4.69, 9.17) is 46.4 Å². The zero-order valence-electron chi connectivity index (χ0n) is 21.6. The zero-order chi connectivity index (χ0) is 27.9. The lowest BCUT2D eigenvalue weighted by molar-refractivity contribution is 0.233. The number of hydrogen-bond acceptors (Lipinski definition) is 2. The van der Waals surface area contributed by atoms with Crippen LogP contribution in [0.1, 0.15) is 11.1 Å². The van der Waals surface area contributed by atoms with Crippen molar-refractivity contribution in [3.8, 4) is 11.1 Å². The van der Waals surface area contributed by atoms with Crippen molar-refractivity contribution in [1.29, 1.82) is 0 Å². The number of halogens is 4. The highest BCUT2D eigenvalue weighted by Crippen LogP contribution is 2.45. The molecule has 0 aromatic heterocycles. The standard InChI is InChI=1S/C31H26Cl4N4O/c32-24-7-2-1-6-21(24)22-16-20(19-39(14-12-36-13-15-39)29-11-4-3-8-25(29)33)17-28-23(22)18-37-31(40)38(28)30-26(34)9-5-10-27(30)35/h1-11,16-17,36H,12-15,18-19H2/p+1. The molecule has 40 heavy (non-hydrogen) atoms. The van der Waals surface area contributed by atoms with E-state index in [0.29, 0.717) is 38.3 Å². The Labute approximate surface area is 253 Å². The number of fused-ring (bicyclic) bond motifs is 1. The maximum atomic E-state index is 13.4. The summed E-state index contributed by atoms with van der Waals surface area (Å²) in [6, 6.07) is 25.1. The van der Waals surface area contributed by atoms with Gasteiger partial charge in [-0.2, -0.15) is 0 Å². The predicted molar refractivity (Wildman–Crippen MR) is 167 cm³/mol. The van der Waals surface area contributed by atoms with E-state index in [2.05, 4.69) is 28.8 Å². The number of benzene rings is 4. The third-order valence-electron chi connectivity index (χ3n) is 7.75. The third kappa shape index (κ3) is 4.96. The van der Waals surface area contributed by atoms with E-state index in [-0.39, 0.29) is 6.03 Å². The fourth-order valence-electron chi connectivity index (χ4n) is 5.88. The Bertz CT molecular complexity index is 1580. The van der Waals surface area contributed by atoms with E-state index in [1.165, 1.54) is 0 Å². The van der Waals surface area contributed by atoms with Crippen molar-refractivity contribution < 1.29 is 4.79 Å². The quantitative estimate of drug-likeness (QED) is 0.222. The molecule has 2 aliphatic rings. The van der Waals surface area contributed by atoms with E-state index >= 15 is 0 Å². The molecule has 9 heteroatoms. The molecule has 4 aromatic rings. The molecule has 1 saturated heterocycles. The normalized spacial score (nSPS) is 16.4. The molecule has 2 N–H and O–H groups in total. The zero-order valence-corrected chi connectivity index (χ0v) is 24.6. The maximum Gasteiger partial charge on any atom is 0.326 e. The van der Waals surface area contributed by atoms with Gasteiger partial charge in [0.05, 0.1) is 34.5 Å². The van der Waals surface area contributed by atoms with Crippen LogP contribution >= 0.6 is 46.4 Å². The smallest absolute Gasteiger partial charge is 0.326 e. The van der Waals surface area contributed by atoms with Gasteiger partial charge in [-0.3, -0.25) is 9.38 Å². The van der Waals surface area contributed by atoms with Crippen molar-refractivity contribution in [1.82, 2.24) is 15.1 Å². The van der Waals surface area contributed by atoms with Gasteiger partial charge in [-0.15, -0.1) is 0 Å². The second kappa shape index (κ2) is 11.2. The second-order valence-electron chi connectivity index (χ2n) is 10.1. The fourth-order valence-corrected chi connectivity index (χ4v) is 7.00. The predicted octanol–water partition coefficient (Wildman–Crippen LogP) is 8.44. The number of hydrogen-bond donors (Lipinski definition) is 2. The largest absolute Gasteiger partial charge is 0.333 e. The van der Waals surface area contributed by atoms with Crippen molar-refractivity contribution in [3.63, 3.8) is 0 Å². The summed E-state index contributed by atoms with van der Waals surface area (Å²) in [5.41, 5.74) is 6.12. The number of carbonyl (C=O) groups is 1. The lowest BCUT2D eigenvalue weighted by Gasteiger charge is -2.42. The van der Waals surface area contributed by atoms with Gasteiger partial charge in [-0.05, 0) is 42.0 Å². The van der Waals surface area contributed by atoms with Gasteiger partial charge in [0.15, 0.2) is 5.69 Å². The molecule has 2 heterocycles. The Hall–Kier alpha value is -2.77. The van der Waals surface area contributed by atoms with Crippen molar-refractivity contribution in [2.45, 2.75) is 13.1 Å². The Morgan fingerprint density at radius 2 is 1.40 bits per heavy atom. The van der Waals surface area contributed by atoms with Crippen LogP contribution in [-0.2, 0) is 13.1 Å². The van der Waals surface area contributed by atoms with Gasteiger partial charge < -0.3 is 10.6 Å². The van der Waals surface area contributed by atoms with Crippen LogP contribution in [0.3, 0.4) is 0 Å². The minimum Gasteiger partial charge on any atom is -0.333 e. The Balaban J connectivity index is 1.58. The molecule has 5 nitrogen and oxygen atoms in total. The number of amides is 2. The molecule has 0 aliphatic carbocycles. The number of piperazine rings is 1. The van der Waals surface area contributed by atoms with Gasteiger partial charge in [-0.25, -0.2) is 4.79 Å². The van der Waals surface area contributed by atoms with Crippen LogP contribution in [0.5, 0.6) is 0 Å². The van der Waals surface area contributed by atoms with Crippen LogP contribution in [0.25, 0.3) is 11.1 Å². The van der Waals surface area contributed by atoms with Crippen LogP contribution in [0.4, 0.5) is 21.9 Å². The number of rotatable bonds is 5. The summed E-state index contributed by atoms with van der Waals surface area (Å²) in [7, 11) is 0. The molecule has 0 unspecified atom stereocenters. The molecule has 0 spiro atoms. The van der Waals surface area contributed by atoms with E-state index < -0.39 is 0 Å². The molecule has 1 fully saturated rings. The highest BCUT2D eigenvalue weighted by atomic mass is 35.5. The molecule has 4 aromatic carbocycles. The average molecular weight is 613 g/mol. The molecule has 0 saturated carbocycles. The lowest BCUT2D eigenvalue weighted by atomic mass is 9.93. The fraction of sp³-hybridized carbons (Fsp3) is 0.194. The first kappa shape index (κ1) is 27.4. The highest BCUT2D eigenvalue weighted by Gasteiger charge is 2.37. The summed E-state index contributed by atoms with van der Waals surface area (Å²) in [5.74, 6) is 0. The summed E-state index contributed by atoms with van der Waals surface area (Å²) in [6.45, 7) is 4.53. The number of para-hydroxylation sites is 2. The molecular formula is C31H27Cl4N4O+. The van der Waals surface area contributed by atoms with Gasteiger partial charge in [0.1, 0.15) is 11.6 Å². The molecule has 6 rings (SSSR count). The van der Waals surface area contributed by atoms with Crippen molar-refractivity contribution in [2.24, 2.45) is 0 Å². The average Bonchev–Trinajstić information content (AvgIpc) is 2.95. The Morgan fingerprint density at radius 1 is 0.750 bits per heavy atom.